The quantitative estimate of drug-likeness (QED) is 0.762. The molecular formula is C10H15N3. The molecule has 0 unspecified atom stereocenters. The fourth-order valence-corrected chi connectivity index (χ4v) is 1.45. The molecule has 0 aromatic carbocycles. The van der Waals surface area contributed by atoms with Gasteiger partial charge in [0, 0.05) is 38.1 Å². The summed E-state index contributed by atoms with van der Waals surface area (Å²) in [5, 5.41) is 3.04. The maximum absolute atomic E-state index is 4.18. The van der Waals surface area contributed by atoms with Gasteiger partial charge < -0.3 is 10.2 Å². The molecule has 2 rings (SSSR count). The minimum absolute atomic E-state index is 0.757. The maximum Gasteiger partial charge on any atom is 0.127 e. The Balaban J connectivity index is 2.18. The first-order valence-corrected chi connectivity index (χ1v) is 4.68. The van der Waals surface area contributed by atoms with E-state index in [1.54, 1.807) is 0 Å². The fourth-order valence-electron chi connectivity index (χ4n) is 1.45. The summed E-state index contributed by atoms with van der Waals surface area (Å²) in [6, 6.07) is 4.89. The first-order chi connectivity index (χ1) is 6.31. The summed E-state index contributed by atoms with van der Waals surface area (Å²) in [5.41, 5.74) is 1.25. The van der Waals surface area contributed by atoms with Crippen LogP contribution in [0.5, 0.6) is 0 Å². The summed E-state index contributed by atoms with van der Waals surface area (Å²) in [6.45, 7) is 0. The first kappa shape index (κ1) is 8.35. The van der Waals surface area contributed by atoms with Crippen molar-refractivity contribution in [1.82, 2.24) is 4.98 Å². The van der Waals surface area contributed by atoms with Crippen molar-refractivity contribution < 1.29 is 0 Å². The number of rotatable bonds is 3. The zero-order valence-electron chi connectivity index (χ0n) is 8.12. The van der Waals surface area contributed by atoms with Crippen LogP contribution in [0.25, 0.3) is 0 Å². The van der Waals surface area contributed by atoms with Crippen LogP contribution < -0.4 is 10.2 Å². The Morgan fingerprint density at radius 3 is 2.92 bits per heavy atom. The zero-order chi connectivity index (χ0) is 9.26. The highest BCUT2D eigenvalue weighted by Gasteiger charge is 2.26. The number of anilines is 2. The molecule has 0 radical (unpaired) electrons. The third-order valence-electron chi connectivity index (χ3n) is 2.50. The lowest BCUT2D eigenvalue weighted by Crippen LogP contribution is -2.19. The van der Waals surface area contributed by atoms with Crippen LogP contribution in [0.4, 0.5) is 11.5 Å². The second-order valence-corrected chi connectivity index (χ2v) is 3.49. The second-order valence-electron chi connectivity index (χ2n) is 3.49. The average molecular weight is 177 g/mol. The van der Waals surface area contributed by atoms with E-state index in [0.717, 1.165) is 11.9 Å². The first-order valence-electron chi connectivity index (χ1n) is 4.68. The van der Waals surface area contributed by atoms with Gasteiger partial charge in [-0.05, 0) is 18.9 Å². The molecule has 1 N–H and O–H groups in total. The van der Waals surface area contributed by atoms with Gasteiger partial charge in [-0.2, -0.15) is 0 Å². The Bertz CT molecular complexity index is 294. The van der Waals surface area contributed by atoms with Crippen LogP contribution in [0, 0.1) is 0 Å². The molecule has 0 aliphatic heterocycles. The Morgan fingerprint density at radius 2 is 2.31 bits per heavy atom. The van der Waals surface area contributed by atoms with Gasteiger partial charge in [-0.25, -0.2) is 4.98 Å². The van der Waals surface area contributed by atoms with Crippen molar-refractivity contribution in [1.29, 1.82) is 0 Å². The predicted octanol–water partition coefficient (Wildman–Crippen LogP) is 1.72. The minimum atomic E-state index is 0.757. The van der Waals surface area contributed by atoms with Gasteiger partial charge in [0.05, 0.1) is 0 Å². The summed E-state index contributed by atoms with van der Waals surface area (Å²) in [5.74, 6) is 0.935. The van der Waals surface area contributed by atoms with Crippen molar-refractivity contribution in [3.8, 4) is 0 Å². The van der Waals surface area contributed by atoms with E-state index in [1.165, 1.54) is 18.5 Å². The minimum Gasteiger partial charge on any atom is -0.373 e. The summed E-state index contributed by atoms with van der Waals surface area (Å²) in [7, 11) is 4.04. The number of nitrogens with one attached hydrogen (secondary N) is 1. The molecule has 0 amide bonds. The van der Waals surface area contributed by atoms with E-state index < -0.39 is 0 Å². The molecular weight excluding hydrogens is 162 g/mol. The molecule has 0 saturated heterocycles. The van der Waals surface area contributed by atoms with Crippen molar-refractivity contribution in [2.45, 2.75) is 18.9 Å². The molecule has 3 nitrogen and oxygen atoms in total. The second kappa shape index (κ2) is 3.24. The van der Waals surface area contributed by atoms with Gasteiger partial charge in [0.25, 0.3) is 0 Å². The number of hydrogen-bond acceptors (Lipinski definition) is 3. The summed E-state index contributed by atoms with van der Waals surface area (Å²) in [6.07, 6.45) is 4.50. The van der Waals surface area contributed by atoms with Gasteiger partial charge in [-0.15, -0.1) is 0 Å². The van der Waals surface area contributed by atoms with Crippen LogP contribution in [0.15, 0.2) is 18.3 Å². The van der Waals surface area contributed by atoms with E-state index in [9.17, 15) is 0 Å². The van der Waals surface area contributed by atoms with Gasteiger partial charge in [0.2, 0.25) is 0 Å². The largest absolute Gasteiger partial charge is 0.373 e. The standard InChI is InChI=1S/C10H15N3/c1-11-10-7-9(5-6-12-10)13(2)8-3-4-8/h5-8H,3-4H2,1-2H3,(H,11,12). The van der Waals surface area contributed by atoms with Gasteiger partial charge in [-0.1, -0.05) is 0 Å². The van der Waals surface area contributed by atoms with E-state index in [-0.39, 0.29) is 0 Å². The number of nitrogens with zero attached hydrogens (tertiary/aromatic N) is 2. The van der Waals surface area contributed by atoms with E-state index >= 15 is 0 Å². The van der Waals surface area contributed by atoms with Crippen molar-refractivity contribution in [2.24, 2.45) is 0 Å². The lowest BCUT2D eigenvalue weighted by Gasteiger charge is -2.18. The highest BCUT2D eigenvalue weighted by Crippen LogP contribution is 2.30. The molecule has 13 heavy (non-hydrogen) atoms. The molecule has 0 bridgehead atoms. The lowest BCUT2D eigenvalue weighted by atomic mass is 10.3. The number of pyridine rings is 1. The molecule has 1 saturated carbocycles. The maximum atomic E-state index is 4.18. The number of aromatic nitrogens is 1. The molecule has 1 aliphatic rings. The molecule has 0 atom stereocenters. The third-order valence-corrected chi connectivity index (χ3v) is 2.50. The average Bonchev–Trinajstić information content (AvgIpc) is 3.00. The molecule has 70 valence electrons. The molecule has 3 heteroatoms. The molecule has 1 heterocycles. The van der Waals surface area contributed by atoms with Gasteiger partial charge >= 0.3 is 0 Å². The molecule has 1 aromatic rings. The Kier molecular flexibility index (Phi) is 2.08. The van der Waals surface area contributed by atoms with Crippen molar-refractivity contribution in [2.75, 3.05) is 24.3 Å². The molecule has 1 aliphatic carbocycles. The van der Waals surface area contributed by atoms with Crippen molar-refractivity contribution in [3.05, 3.63) is 18.3 Å². The van der Waals surface area contributed by atoms with Gasteiger partial charge in [0.1, 0.15) is 5.82 Å². The Hall–Kier alpha value is -1.25. The predicted molar refractivity (Wildman–Crippen MR) is 55.2 cm³/mol. The fraction of sp³-hybridized carbons (Fsp3) is 0.500. The van der Waals surface area contributed by atoms with E-state index in [0.29, 0.717) is 0 Å². The van der Waals surface area contributed by atoms with Crippen LogP contribution >= 0.6 is 0 Å². The zero-order valence-corrected chi connectivity index (χ0v) is 8.12. The van der Waals surface area contributed by atoms with Crippen LogP contribution in [-0.2, 0) is 0 Å². The molecule has 1 aromatic heterocycles. The molecule has 1 fully saturated rings. The van der Waals surface area contributed by atoms with Crippen LogP contribution in [0.2, 0.25) is 0 Å². The van der Waals surface area contributed by atoms with E-state index in [1.807, 2.05) is 13.2 Å². The van der Waals surface area contributed by atoms with Gasteiger partial charge in [0.15, 0.2) is 0 Å². The highest BCUT2D eigenvalue weighted by atomic mass is 15.2. The SMILES string of the molecule is CNc1cc(N(C)C2CC2)ccn1. The third kappa shape index (κ3) is 1.74. The Labute approximate surface area is 78.8 Å². The van der Waals surface area contributed by atoms with Gasteiger partial charge in [-0.3, -0.25) is 0 Å². The summed E-state index contributed by atoms with van der Waals surface area (Å²) in [4.78, 5) is 6.50. The summed E-state index contributed by atoms with van der Waals surface area (Å²) >= 11 is 0. The van der Waals surface area contributed by atoms with E-state index in [4.69, 9.17) is 0 Å². The van der Waals surface area contributed by atoms with Crippen molar-refractivity contribution >= 4 is 11.5 Å². The van der Waals surface area contributed by atoms with Crippen molar-refractivity contribution in [3.63, 3.8) is 0 Å². The Morgan fingerprint density at radius 1 is 1.54 bits per heavy atom. The van der Waals surface area contributed by atoms with Crippen LogP contribution in [0.1, 0.15) is 12.8 Å². The lowest BCUT2D eigenvalue weighted by molar-refractivity contribution is 0.915. The molecule has 0 spiro atoms. The topological polar surface area (TPSA) is 28.2 Å². The number of hydrogen-bond donors (Lipinski definition) is 1. The smallest absolute Gasteiger partial charge is 0.127 e. The summed E-state index contributed by atoms with van der Waals surface area (Å²) < 4.78 is 0. The van der Waals surface area contributed by atoms with Crippen LogP contribution in [0.3, 0.4) is 0 Å². The highest BCUT2D eigenvalue weighted by molar-refractivity contribution is 5.54. The monoisotopic (exact) mass is 177 g/mol. The van der Waals surface area contributed by atoms with E-state index in [2.05, 4.69) is 34.4 Å². The van der Waals surface area contributed by atoms with Crippen LogP contribution in [-0.4, -0.2) is 25.1 Å². The normalized spacial score (nSPS) is 15.5.